The fourth-order valence-electron chi connectivity index (χ4n) is 1.61. The second-order valence-corrected chi connectivity index (χ2v) is 4.95. The molecule has 0 aliphatic carbocycles. The lowest BCUT2D eigenvalue weighted by molar-refractivity contribution is -0.122. The van der Waals surface area contributed by atoms with Gasteiger partial charge in [0.1, 0.15) is 0 Å². The zero-order chi connectivity index (χ0) is 12.0. The Morgan fingerprint density at radius 2 is 2.25 bits per heavy atom. The summed E-state index contributed by atoms with van der Waals surface area (Å²) in [4.78, 5) is 12.9. The van der Waals surface area contributed by atoms with Gasteiger partial charge in [-0.1, -0.05) is 13.0 Å². The molecular weight excluding hydrogens is 220 g/mol. The highest BCUT2D eigenvalue weighted by Gasteiger charge is 2.12. The van der Waals surface area contributed by atoms with Crippen molar-refractivity contribution >= 4 is 17.2 Å². The van der Waals surface area contributed by atoms with Crippen molar-refractivity contribution in [2.75, 3.05) is 6.54 Å². The highest BCUT2D eigenvalue weighted by Crippen LogP contribution is 2.18. The van der Waals surface area contributed by atoms with Crippen LogP contribution in [0, 0.1) is 0 Å². The van der Waals surface area contributed by atoms with Crippen LogP contribution in [0.25, 0.3) is 0 Å². The van der Waals surface area contributed by atoms with Crippen molar-refractivity contribution in [3.05, 3.63) is 22.4 Å². The zero-order valence-corrected chi connectivity index (χ0v) is 10.9. The van der Waals surface area contributed by atoms with Crippen molar-refractivity contribution in [3.8, 4) is 0 Å². The van der Waals surface area contributed by atoms with E-state index in [2.05, 4.69) is 10.6 Å². The summed E-state index contributed by atoms with van der Waals surface area (Å²) in [6.45, 7) is 6.98. The van der Waals surface area contributed by atoms with Crippen LogP contribution in [0.5, 0.6) is 0 Å². The van der Waals surface area contributed by atoms with E-state index in [4.69, 9.17) is 0 Å². The lowest BCUT2D eigenvalue weighted by Crippen LogP contribution is -2.34. The molecule has 1 heterocycles. The molecule has 0 spiro atoms. The first-order chi connectivity index (χ1) is 7.63. The molecule has 0 saturated carbocycles. The van der Waals surface area contributed by atoms with E-state index in [1.165, 1.54) is 4.88 Å². The molecule has 0 radical (unpaired) electrons. The standard InChI is InChI=1S/C12H20N2OS/c1-4-13-9(2)8-12(15)14-10(3)11-6-5-7-16-11/h5-7,9-10,13H,4,8H2,1-3H3,(H,14,15)/t9?,10-/m1/s1. The molecule has 0 aliphatic rings. The molecular formula is C12H20N2OS. The van der Waals surface area contributed by atoms with Crippen LogP contribution >= 0.6 is 11.3 Å². The molecule has 1 rings (SSSR count). The van der Waals surface area contributed by atoms with Gasteiger partial charge in [0, 0.05) is 17.3 Å². The van der Waals surface area contributed by atoms with Gasteiger partial charge in [0.15, 0.2) is 0 Å². The third-order valence-corrected chi connectivity index (χ3v) is 3.45. The predicted octanol–water partition coefficient (Wildman–Crippen LogP) is 2.31. The summed E-state index contributed by atoms with van der Waals surface area (Å²) in [5.74, 6) is 0.106. The lowest BCUT2D eigenvalue weighted by Gasteiger charge is -2.15. The number of nitrogens with one attached hydrogen (secondary N) is 2. The Labute approximate surface area is 101 Å². The summed E-state index contributed by atoms with van der Waals surface area (Å²) in [6.07, 6.45) is 0.531. The highest BCUT2D eigenvalue weighted by molar-refractivity contribution is 7.10. The molecule has 3 nitrogen and oxygen atoms in total. The fourth-order valence-corrected chi connectivity index (χ4v) is 2.34. The molecule has 0 aliphatic heterocycles. The largest absolute Gasteiger partial charge is 0.349 e. The lowest BCUT2D eigenvalue weighted by atomic mass is 10.2. The Balaban J connectivity index is 2.34. The molecule has 0 saturated heterocycles. The normalized spacial score (nSPS) is 14.4. The van der Waals surface area contributed by atoms with Gasteiger partial charge < -0.3 is 10.6 Å². The third kappa shape index (κ3) is 4.33. The second-order valence-electron chi connectivity index (χ2n) is 3.97. The van der Waals surface area contributed by atoms with Gasteiger partial charge in [0.25, 0.3) is 0 Å². The monoisotopic (exact) mass is 240 g/mol. The Morgan fingerprint density at radius 1 is 1.50 bits per heavy atom. The smallest absolute Gasteiger partial charge is 0.222 e. The van der Waals surface area contributed by atoms with E-state index in [1.807, 2.05) is 38.3 Å². The van der Waals surface area contributed by atoms with E-state index in [9.17, 15) is 4.79 Å². The molecule has 4 heteroatoms. The minimum absolute atomic E-state index is 0.106. The molecule has 1 amide bonds. The number of rotatable bonds is 6. The SMILES string of the molecule is CCNC(C)CC(=O)N[C@H](C)c1cccs1. The van der Waals surface area contributed by atoms with Gasteiger partial charge in [-0.05, 0) is 31.8 Å². The van der Waals surface area contributed by atoms with Gasteiger partial charge in [-0.15, -0.1) is 11.3 Å². The molecule has 0 aromatic carbocycles. The Morgan fingerprint density at radius 3 is 2.81 bits per heavy atom. The predicted molar refractivity (Wildman–Crippen MR) is 68.6 cm³/mol. The van der Waals surface area contributed by atoms with Crippen LogP contribution in [-0.2, 0) is 4.79 Å². The molecule has 1 aromatic rings. The minimum atomic E-state index is 0.106. The van der Waals surface area contributed by atoms with Crippen LogP contribution < -0.4 is 10.6 Å². The number of carbonyl (C=O) groups is 1. The van der Waals surface area contributed by atoms with Gasteiger partial charge in [0.05, 0.1) is 6.04 Å². The molecule has 0 bridgehead atoms. The van der Waals surface area contributed by atoms with Crippen molar-refractivity contribution in [1.82, 2.24) is 10.6 Å². The van der Waals surface area contributed by atoms with Crippen molar-refractivity contribution in [2.45, 2.75) is 39.3 Å². The molecule has 0 fully saturated rings. The van der Waals surface area contributed by atoms with E-state index < -0.39 is 0 Å². The van der Waals surface area contributed by atoms with Crippen LogP contribution in [0.15, 0.2) is 17.5 Å². The summed E-state index contributed by atoms with van der Waals surface area (Å²) in [5, 5.41) is 8.26. The van der Waals surface area contributed by atoms with Crippen LogP contribution in [0.4, 0.5) is 0 Å². The summed E-state index contributed by atoms with van der Waals surface area (Å²) in [5.41, 5.74) is 0. The van der Waals surface area contributed by atoms with Gasteiger partial charge in [-0.25, -0.2) is 0 Å². The Hall–Kier alpha value is -0.870. The van der Waals surface area contributed by atoms with Crippen molar-refractivity contribution < 1.29 is 4.79 Å². The average Bonchev–Trinajstić information content (AvgIpc) is 2.69. The number of amides is 1. The van der Waals surface area contributed by atoms with Gasteiger partial charge in [0.2, 0.25) is 5.91 Å². The molecule has 1 unspecified atom stereocenters. The molecule has 2 N–H and O–H groups in total. The molecule has 16 heavy (non-hydrogen) atoms. The fraction of sp³-hybridized carbons (Fsp3) is 0.583. The van der Waals surface area contributed by atoms with Crippen LogP contribution in [-0.4, -0.2) is 18.5 Å². The first-order valence-corrected chi connectivity index (χ1v) is 6.57. The van der Waals surface area contributed by atoms with E-state index in [-0.39, 0.29) is 18.0 Å². The topological polar surface area (TPSA) is 41.1 Å². The third-order valence-electron chi connectivity index (χ3n) is 2.39. The first kappa shape index (κ1) is 13.2. The van der Waals surface area contributed by atoms with Gasteiger partial charge in [-0.2, -0.15) is 0 Å². The summed E-state index contributed by atoms with van der Waals surface area (Å²) in [7, 11) is 0. The number of hydrogen-bond donors (Lipinski definition) is 2. The van der Waals surface area contributed by atoms with Crippen molar-refractivity contribution in [2.24, 2.45) is 0 Å². The highest BCUT2D eigenvalue weighted by atomic mass is 32.1. The van der Waals surface area contributed by atoms with Crippen molar-refractivity contribution in [1.29, 1.82) is 0 Å². The van der Waals surface area contributed by atoms with E-state index in [0.717, 1.165) is 6.54 Å². The van der Waals surface area contributed by atoms with Crippen LogP contribution in [0.2, 0.25) is 0 Å². The van der Waals surface area contributed by atoms with Crippen LogP contribution in [0.3, 0.4) is 0 Å². The summed E-state index contributed by atoms with van der Waals surface area (Å²) >= 11 is 1.67. The van der Waals surface area contributed by atoms with Crippen molar-refractivity contribution in [3.63, 3.8) is 0 Å². The second kappa shape index (κ2) is 6.66. The van der Waals surface area contributed by atoms with Crippen LogP contribution in [0.1, 0.15) is 38.1 Å². The van der Waals surface area contributed by atoms with E-state index in [0.29, 0.717) is 6.42 Å². The quantitative estimate of drug-likeness (QED) is 0.801. The Bertz CT molecular complexity index is 311. The Kier molecular flexibility index (Phi) is 5.49. The first-order valence-electron chi connectivity index (χ1n) is 5.69. The minimum Gasteiger partial charge on any atom is -0.349 e. The van der Waals surface area contributed by atoms with E-state index in [1.54, 1.807) is 11.3 Å². The van der Waals surface area contributed by atoms with E-state index >= 15 is 0 Å². The summed E-state index contributed by atoms with van der Waals surface area (Å²) in [6, 6.07) is 4.40. The average molecular weight is 240 g/mol. The number of hydrogen-bond acceptors (Lipinski definition) is 3. The maximum Gasteiger partial charge on any atom is 0.222 e. The zero-order valence-electron chi connectivity index (χ0n) is 10.1. The molecule has 90 valence electrons. The van der Waals surface area contributed by atoms with Gasteiger partial charge in [-0.3, -0.25) is 4.79 Å². The molecule has 2 atom stereocenters. The summed E-state index contributed by atoms with van der Waals surface area (Å²) < 4.78 is 0. The van der Waals surface area contributed by atoms with Gasteiger partial charge >= 0.3 is 0 Å². The maximum absolute atomic E-state index is 11.7. The number of thiophene rings is 1. The molecule has 1 aromatic heterocycles. The maximum atomic E-state index is 11.7. The number of carbonyl (C=O) groups excluding carboxylic acids is 1.